The lowest BCUT2D eigenvalue weighted by atomic mass is 9.79. The molecule has 0 spiro atoms. The lowest BCUT2D eigenvalue weighted by Crippen LogP contribution is -2.47. The maximum Gasteiger partial charge on any atom is 0.412 e. The Morgan fingerprint density at radius 3 is 2.39 bits per heavy atom. The fourth-order valence-electron chi connectivity index (χ4n) is 5.73. The van der Waals surface area contributed by atoms with Crippen LogP contribution in [0.4, 0.5) is 22.4 Å². The predicted molar refractivity (Wildman–Crippen MR) is 149 cm³/mol. The molecule has 2 aliphatic rings. The van der Waals surface area contributed by atoms with Crippen molar-refractivity contribution >= 4 is 29.5 Å². The van der Waals surface area contributed by atoms with E-state index in [-0.39, 0.29) is 24.8 Å². The van der Waals surface area contributed by atoms with E-state index >= 15 is 0 Å². The van der Waals surface area contributed by atoms with Crippen LogP contribution in [0, 0.1) is 29.2 Å². The summed E-state index contributed by atoms with van der Waals surface area (Å²) in [6, 6.07) is 7.63. The number of nitrogens with zero attached hydrogens (tertiary/aromatic N) is 1. The van der Waals surface area contributed by atoms with Crippen LogP contribution < -0.4 is 20.1 Å². The highest BCUT2D eigenvalue weighted by molar-refractivity contribution is 5.96. The van der Waals surface area contributed by atoms with Gasteiger partial charge < -0.3 is 29.8 Å². The first kappa shape index (κ1) is 32.2. The Labute approximate surface area is 258 Å². The third-order valence-electron chi connectivity index (χ3n) is 7.87. The molecule has 1 aliphatic heterocycles. The Kier molecular flexibility index (Phi) is 9.39. The molecule has 46 heavy (non-hydrogen) atoms. The smallest absolute Gasteiger partial charge is 0.412 e. The van der Waals surface area contributed by atoms with Crippen LogP contribution in [0.2, 0.25) is 0 Å². The van der Waals surface area contributed by atoms with E-state index in [4.69, 9.17) is 4.74 Å². The van der Waals surface area contributed by atoms with E-state index in [2.05, 4.69) is 15.4 Å². The topological polar surface area (TPSA) is 153 Å². The molecular weight excluding hydrogens is 618 g/mol. The summed E-state index contributed by atoms with van der Waals surface area (Å²) in [4.78, 5) is 64.0. The van der Waals surface area contributed by atoms with Crippen LogP contribution >= 0.6 is 0 Å². The Morgan fingerprint density at radius 1 is 1.02 bits per heavy atom. The number of carboxylic acids is 1. The van der Waals surface area contributed by atoms with Crippen LogP contribution in [0.5, 0.6) is 11.5 Å². The standard InChI is InChI=1S/C31H27F4N3O8/c32-18-11-19(33)27(35)29(26(18)34)45-14-23(40)21(12-24(41)42)36-30(43)16-10-22(39)25-20(7-6-15-8-9-38(13-16)28(15)25)37-31(44)46-17-4-2-1-3-5-17/h1-5,8-9,11,16,20-21,25H,6-7,10,12-14H2,(H,36,43)(H,37,44)(H,41,42). The average Bonchev–Trinajstić information content (AvgIpc) is 3.34. The van der Waals surface area contributed by atoms with E-state index in [0.29, 0.717) is 24.3 Å². The van der Waals surface area contributed by atoms with Gasteiger partial charge in [0, 0.05) is 37.0 Å². The number of carboxylic acid groups (broad SMARTS) is 1. The second-order valence-electron chi connectivity index (χ2n) is 10.9. The Morgan fingerprint density at radius 2 is 1.72 bits per heavy atom. The molecule has 1 aliphatic carbocycles. The average molecular weight is 646 g/mol. The first-order chi connectivity index (χ1) is 21.9. The Balaban J connectivity index is 1.29. The third kappa shape index (κ3) is 6.87. The van der Waals surface area contributed by atoms with Gasteiger partial charge in [-0.1, -0.05) is 18.2 Å². The molecule has 1 aromatic heterocycles. The van der Waals surface area contributed by atoms with Gasteiger partial charge in [-0.2, -0.15) is 8.78 Å². The fourth-order valence-corrected chi connectivity index (χ4v) is 5.73. The molecule has 3 N–H and O–H groups in total. The lowest BCUT2D eigenvalue weighted by Gasteiger charge is -2.31. The molecule has 11 nitrogen and oxygen atoms in total. The molecule has 0 bridgehead atoms. The minimum atomic E-state index is -1.91. The number of ether oxygens (including phenoxy) is 2. The van der Waals surface area contributed by atoms with E-state index in [1.165, 1.54) is 0 Å². The first-order valence-electron chi connectivity index (χ1n) is 14.2. The molecule has 2 aromatic carbocycles. The maximum absolute atomic E-state index is 14.0. The van der Waals surface area contributed by atoms with E-state index in [0.717, 1.165) is 5.56 Å². The lowest BCUT2D eigenvalue weighted by molar-refractivity contribution is -0.141. The molecule has 15 heteroatoms. The number of ketones is 2. The second-order valence-corrected chi connectivity index (χ2v) is 10.9. The number of halogens is 4. The van der Waals surface area contributed by atoms with Gasteiger partial charge in [0.1, 0.15) is 24.2 Å². The van der Waals surface area contributed by atoms with Gasteiger partial charge in [-0.15, -0.1) is 0 Å². The van der Waals surface area contributed by atoms with Gasteiger partial charge in [-0.25, -0.2) is 13.6 Å². The quantitative estimate of drug-likeness (QED) is 0.224. The number of rotatable bonds is 10. The summed E-state index contributed by atoms with van der Waals surface area (Å²) >= 11 is 0. The zero-order valence-electron chi connectivity index (χ0n) is 23.9. The molecule has 2 heterocycles. The number of nitrogens with one attached hydrogen (secondary N) is 2. The van der Waals surface area contributed by atoms with Crippen molar-refractivity contribution in [3.8, 4) is 11.5 Å². The summed E-state index contributed by atoms with van der Waals surface area (Å²) in [6.45, 7) is -1.26. The number of carbonyl (C=O) groups excluding carboxylic acids is 4. The minimum Gasteiger partial charge on any atom is -0.481 e. The molecule has 4 atom stereocenters. The van der Waals surface area contributed by atoms with Crippen molar-refractivity contribution in [2.45, 2.75) is 50.2 Å². The second kappa shape index (κ2) is 13.4. The number of aryl methyl sites for hydroxylation is 1. The number of benzene rings is 2. The number of aliphatic carboxylic acids is 1. The molecule has 0 fully saturated rings. The minimum absolute atomic E-state index is 0.0198. The number of Topliss-reactive ketones (excluding diaryl/α,β-unsaturated/α-hetero) is 2. The van der Waals surface area contributed by atoms with Gasteiger partial charge in [0.15, 0.2) is 23.2 Å². The molecule has 4 unspecified atom stereocenters. The molecule has 0 radical (unpaired) electrons. The Hall–Kier alpha value is -5.21. The largest absolute Gasteiger partial charge is 0.481 e. The molecule has 2 amide bonds. The number of carbonyl (C=O) groups is 5. The number of hydrogen-bond acceptors (Lipinski definition) is 7. The van der Waals surface area contributed by atoms with E-state index < -0.39 is 89.7 Å². The molecule has 0 saturated carbocycles. The van der Waals surface area contributed by atoms with Crippen molar-refractivity contribution in [3.05, 3.63) is 83.2 Å². The van der Waals surface area contributed by atoms with Crippen molar-refractivity contribution in [2.75, 3.05) is 6.61 Å². The monoisotopic (exact) mass is 645 g/mol. The summed E-state index contributed by atoms with van der Waals surface area (Å²) in [5, 5.41) is 14.3. The van der Waals surface area contributed by atoms with Gasteiger partial charge in [-0.3, -0.25) is 19.2 Å². The summed E-state index contributed by atoms with van der Waals surface area (Å²) < 4.78 is 66.7. The van der Waals surface area contributed by atoms with Gasteiger partial charge in [0.05, 0.1) is 18.3 Å². The van der Waals surface area contributed by atoms with Gasteiger partial charge in [0.25, 0.3) is 0 Å². The predicted octanol–water partition coefficient (Wildman–Crippen LogP) is 3.43. The SMILES string of the molecule is O=C(O)CC(NC(=O)C1CC(=O)C2c3c(ccn3C1)CCC2NC(=O)Oc1ccccc1)C(=O)COc1c(F)c(F)cc(F)c1F. The molecular formula is C31H27F4N3O8. The van der Waals surface area contributed by atoms with Crippen LogP contribution in [0.15, 0.2) is 48.7 Å². The normalized spacial score (nSPS) is 19.3. The van der Waals surface area contributed by atoms with E-state index in [1.54, 1.807) is 47.2 Å². The highest BCUT2D eigenvalue weighted by Gasteiger charge is 2.43. The van der Waals surface area contributed by atoms with Crippen LogP contribution in [0.3, 0.4) is 0 Å². The number of aromatic nitrogens is 1. The highest BCUT2D eigenvalue weighted by atomic mass is 19.2. The molecule has 5 rings (SSSR count). The van der Waals surface area contributed by atoms with Crippen LogP contribution in [0.1, 0.15) is 36.4 Å². The number of amides is 2. The number of para-hydroxylation sites is 1. The van der Waals surface area contributed by atoms with Gasteiger partial charge >= 0.3 is 12.1 Å². The van der Waals surface area contributed by atoms with Gasteiger partial charge in [-0.05, 0) is 36.6 Å². The van der Waals surface area contributed by atoms with Crippen molar-refractivity contribution in [3.63, 3.8) is 0 Å². The summed E-state index contributed by atoms with van der Waals surface area (Å²) in [5.41, 5.74) is 1.48. The van der Waals surface area contributed by atoms with Crippen molar-refractivity contribution in [1.29, 1.82) is 0 Å². The molecule has 3 aromatic rings. The first-order valence-corrected chi connectivity index (χ1v) is 14.2. The van der Waals surface area contributed by atoms with Crippen molar-refractivity contribution in [1.82, 2.24) is 15.2 Å². The highest BCUT2D eigenvalue weighted by Crippen LogP contribution is 2.38. The van der Waals surface area contributed by atoms with Crippen molar-refractivity contribution in [2.24, 2.45) is 5.92 Å². The molecule has 242 valence electrons. The van der Waals surface area contributed by atoms with E-state index in [9.17, 15) is 46.6 Å². The zero-order chi connectivity index (χ0) is 33.1. The maximum atomic E-state index is 14.0. The summed E-state index contributed by atoms with van der Waals surface area (Å²) in [5.74, 6) is -14.4. The summed E-state index contributed by atoms with van der Waals surface area (Å²) in [7, 11) is 0. The number of hydrogen-bond donors (Lipinski definition) is 3. The van der Waals surface area contributed by atoms with Crippen LogP contribution in [0.25, 0.3) is 0 Å². The fraction of sp³-hybridized carbons (Fsp3) is 0.323. The van der Waals surface area contributed by atoms with Gasteiger partial charge in [0.2, 0.25) is 17.5 Å². The van der Waals surface area contributed by atoms with Crippen LogP contribution in [-0.4, -0.2) is 57.9 Å². The summed E-state index contributed by atoms with van der Waals surface area (Å²) in [6.07, 6.45) is 0.587. The van der Waals surface area contributed by atoms with Crippen LogP contribution in [-0.2, 0) is 32.1 Å². The Bertz CT molecular complexity index is 1670. The van der Waals surface area contributed by atoms with E-state index in [1.807, 2.05) is 0 Å². The van der Waals surface area contributed by atoms with Crippen molar-refractivity contribution < 1.29 is 56.1 Å². The zero-order valence-corrected chi connectivity index (χ0v) is 23.9. The molecule has 0 saturated heterocycles. The third-order valence-corrected chi connectivity index (χ3v) is 7.87.